The minimum atomic E-state index is -0.704. The van der Waals surface area contributed by atoms with Crippen molar-refractivity contribution in [1.29, 1.82) is 0 Å². The molecule has 0 saturated heterocycles. The molecule has 0 aliphatic carbocycles. The van der Waals surface area contributed by atoms with Gasteiger partial charge in [0.1, 0.15) is 6.10 Å². The highest BCUT2D eigenvalue weighted by Gasteiger charge is 2.25. The second-order valence-corrected chi connectivity index (χ2v) is 9.05. The minimum Gasteiger partial charge on any atom is -0.504 e. The molecule has 0 fully saturated rings. The van der Waals surface area contributed by atoms with Gasteiger partial charge in [-0.1, -0.05) is 31.2 Å². The number of benzene rings is 3. The normalized spacial score (nSPS) is 12.4. The molecule has 0 radical (unpaired) electrons. The van der Waals surface area contributed by atoms with E-state index in [4.69, 9.17) is 15.2 Å². The van der Waals surface area contributed by atoms with E-state index in [9.17, 15) is 19.5 Å². The molecule has 5 N–H and O–H groups in total. The number of Topliss-reactive ketones (excluding diaryl/α,β-unsaturated/α-hetero) is 1. The van der Waals surface area contributed by atoms with Crippen LogP contribution in [0.4, 0.5) is 21.9 Å². The van der Waals surface area contributed by atoms with Gasteiger partial charge < -0.3 is 25.6 Å². The molecule has 3 aromatic rings. The van der Waals surface area contributed by atoms with Crippen LogP contribution in [0.2, 0.25) is 0 Å². The summed E-state index contributed by atoms with van der Waals surface area (Å²) in [7, 11) is 1.45. The molecule has 39 heavy (non-hydrogen) atoms. The van der Waals surface area contributed by atoms with Crippen molar-refractivity contribution in [2.45, 2.75) is 32.8 Å². The van der Waals surface area contributed by atoms with Crippen LogP contribution < -0.4 is 21.1 Å². The maximum Gasteiger partial charge on any atom is 0.412 e. The number of carbonyl (C=O) groups excluding carboxylic acids is 3. The molecule has 0 bridgehead atoms. The van der Waals surface area contributed by atoms with Crippen LogP contribution in [-0.4, -0.2) is 30.0 Å². The largest absolute Gasteiger partial charge is 0.504 e. The Morgan fingerprint density at radius 1 is 1.03 bits per heavy atom. The molecule has 9 heteroatoms. The van der Waals surface area contributed by atoms with Gasteiger partial charge in [0.2, 0.25) is 5.91 Å². The lowest BCUT2D eigenvalue weighted by molar-refractivity contribution is -0.111. The number of nitrogens with two attached hydrogens (primary N) is 1. The maximum atomic E-state index is 12.8. The molecule has 0 saturated carbocycles. The molecule has 2 amide bonds. The Bertz CT molecular complexity index is 1340. The average Bonchev–Trinajstić information content (AvgIpc) is 2.91. The monoisotopic (exact) mass is 531 g/mol. The van der Waals surface area contributed by atoms with Crippen molar-refractivity contribution in [3.05, 3.63) is 90.0 Å². The Hall–Kier alpha value is -4.79. The Balaban J connectivity index is 1.67. The van der Waals surface area contributed by atoms with Gasteiger partial charge in [0.15, 0.2) is 17.3 Å². The molecule has 0 aliphatic heterocycles. The average molecular weight is 532 g/mol. The van der Waals surface area contributed by atoms with Crippen LogP contribution in [0.3, 0.4) is 0 Å². The minimum absolute atomic E-state index is 0.0759. The van der Waals surface area contributed by atoms with Crippen LogP contribution in [0, 0.1) is 5.92 Å². The summed E-state index contributed by atoms with van der Waals surface area (Å²) >= 11 is 0. The van der Waals surface area contributed by atoms with Crippen LogP contribution in [0.1, 0.15) is 48.7 Å². The summed E-state index contributed by atoms with van der Waals surface area (Å²) in [5.74, 6) is -0.335. The van der Waals surface area contributed by atoms with Gasteiger partial charge >= 0.3 is 6.09 Å². The molecule has 0 aromatic heterocycles. The Labute approximate surface area is 227 Å². The lowest BCUT2D eigenvalue weighted by Crippen LogP contribution is -2.22. The first-order valence-electron chi connectivity index (χ1n) is 12.5. The van der Waals surface area contributed by atoms with E-state index in [2.05, 4.69) is 10.6 Å². The zero-order chi connectivity index (χ0) is 28.4. The quantitative estimate of drug-likeness (QED) is 0.133. The zero-order valence-corrected chi connectivity index (χ0v) is 22.1. The van der Waals surface area contributed by atoms with Gasteiger partial charge in [-0.05, 0) is 85.9 Å². The zero-order valence-electron chi connectivity index (χ0n) is 22.1. The van der Waals surface area contributed by atoms with Crippen molar-refractivity contribution in [3.8, 4) is 11.5 Å². The number of rotatable bonds is 11. The Kier molecular flexibility index (Phi) is 10.1. The van der Waals surface area contributed by atoms with Gasteiger partial charge in [0, 0.05) is 11.3 Å². The lowest BCUT2D eigenvalue weighted by Gasteiger charge is -2.25. The van der Waals surface area contributed by atoms with Crippen molar-refractivity contribution < 1.29 is 29.0 Å². The molecule has 0 heterocycles. The SMILES string of the molecule is COc1ccc([C@H](OC(=O)Nc2ccc(C(C)=O)cc2)[C@@H](C)CC/C=C/C(=O)Nc2ccccc2N)cc1O. The fourth-order valence-corrected chi connectivity index (χ4v) is 3.93. The predicted molar refractivity (Wildman–Crippen MR) is 151 cm³/mol. The smallest absolute Gasteiger partial charge is 0.412 e. The number of para-hydroxylation sites is 2. The van der Waals surface area contributed by atoms with Gasteiger partial charge in [-0.25, -0.2) is 4.79 Å². The molecule has 3 aromatic carbocycles. The highest BCUT2D eigenvalue weighted by atomic mass is 16.6. The molecule has 204 valence electrons. The molecule has 3 rings (SSSR count). The van der Waals surface area contributed by atoms with E-state index in [-0.39, 0.29) is 23.4 Å². The standard InChI is InChI=1S/C30H33N3O6/c1-19(8-4-7-11-28(36)33-25-10-6-5-9-24(25)31)29(22-14-17-27(38-3)26(35)18-22)39-30(37)32-23-15-12-21(13-16-23)20(2)34/h5-7,9-19,29,35H,4,8,31H2,1-3H3,(H,32,37)(H,33,36)/b11-7+/t19-,29+/m0/s1. The highest BCUT2D eigenvalue weighted by molar-refractivity contribution is 6.01. The first-order chi connectivity index (χ1) is 18.7. The fraction of sp³-hybridized carbons (Fsp3) is 0.233. The number of methoxy groups -OCH3 is 1. The summed E-state index contributed by atoms with van der Waals surface area (Å²) in [6.45, 7) is 3.38. The molecule has 0 unspecified atom stereocenters. The lowest BCUT2D eigenvalue weighted by atomic mass is 9.92. The van der Waals surface area contributed by atoms with Crippen molar-refractivity contribution >= 4 is 34.8 Å². The number of aromatic hydroxyl groups is 1. The Morgan fingerprint density at radius 3 is 2.38 bits per heavy atom. The summed E-state index contributed by atoms with van der Waals surface area (Å²) < 4.78 is 10.9. The second-order valence-electron chi connectivity index (χ2n) is 9.05. The first-order valence-corrected chi connectivity index (χ1v) is 12.5. The topological polar surface area (TPSA) is 140 Å². The van der Waals surface area contributed by atoms with E-state index in [0.29, 0.717) is 46.8 Å². The summed E-state index contributed by atoms with van der Waals surface area (Å²) in [4.78, 5) is 36.5. The number of ether oxygens (including phenoxy) is 2. The number of allylic oxidation sites excluding steroid dienone is 1. The van der Waals surface area contributed by atoms with Gasteiger partial charge in [-0.2, -0.15) is 0 Å². The second kappa shape index (κ2) is 13.7. The van der Waals surface area contributed by atoms with Crippen molar-refractivity contribution in [3.63, 3.8) is 0 Å². The van der Waals surface area contributed by atoms with Crippen molar-refractivity contribution in [1.82, 2.24) is 0 Å². The Morgan fingerprint density at radius 2 is 1.74 bits per heavy atom. The summed E-state index contributed by atoms with van der Waals surface area (Å²) in [5.41, 5.74) is 8.47. The van der Waals surface area contributed by atoms with Crippen LogP contribution in [0.5, 0.6) is 11.5 Å². The molecular weight excluding hydrogens is 498 g/mol. The third kappa shape index (κ3) is 8.36. The van der Waals surface area contributed by atoms with E-state index in [1.807, 2.05) is 6.92 Å². The van der Waals surface area contributed by atoms with E-state index < -0.39 is 12.2 Å². The molecule has 9 nitrogen and oxygen atoms in total. The van der Waals surface area contributed by atoms with Gasteiger partial charge in [-0.15, -0.1) is 0 Å². The summed E-state index contributed by atoms with van der Waals surface area (Å²) in [6, 6.07) is 18.3. The number of nitrogen functional groups attached to an aromatic ring is 1. The molecule has 0 aliphatic rings. The fourth-order valence-electron chi connectivity index (χ4n) is 3.93. The van der Waals surface area contributed by atoms with Crippen LogP contribution >= 0.6 is 0 Å². The van der Waals surface area contributed by atoms with E-state index in [1.165, 1.54) is 26.2 Å². The van der Waals surface area contributed by atoms with Crippen LogP contribution in [0.15, 0.2) is 78.9 Å². The first kappa shape index (κ1) is 28.8. The van der Waals surface area contributed by atoms with E-state index in [0.717, 1.165) is 0 Å². The van der Waals surface area contributed by atoms with E-state index >= 15 is 0 Å². The maximum absolute atomic E-state index is 12.8. The highest BCUT2D eigenvalue weighted by Crippen LogP contribution is 2.35. The van der Waals surface area contributed by atoms with Crippen LogP contribution in [-0.2, 0) is 9.53 Å². The number of carbonyl (C=O) groups is 3. The predicted octanol–water partition coefficient (Wildman–Crippen LogP) is 6.09. The number of ketones is 1. The number of hydrogen-bond acceptors (Lipinski definition) is 7. The third-order valence-electron chi connectivity index (χ3n) is 6.10. The van der Waals surface area contributed by atoms with Crippen LogP contribution in [0.25, 0.3) is 0 Å². The van der Waals surface area contributed by atoms with Gasteiger partial charge in [-0.3, -0.25) is 14.9 Å². The number of anilines is 3. The van der Waals surface area contributed by atoms with Gasteiger partial charge in [0.25, 0.3) is 0 Å². The summed E-state index contributed by atoms with van der Waals surface area (Å²) in [5, 5.41) is 15.7. The van der Waals surface area contributed by atoms with Gasteiger partial charge in [0.05, 0.1) is 18.5 Å². The number of hydrogen-bond donors (Lipinski definition) is 4. The number of amides is 2. The molecular formula is C30H33N3O6. The number of phenolic OH excluding ortho intramolecular Hbond substituents is 1. The van der Waals surface area contributed by atoms with Crippen molar-refractivity contribution in [2.24, 2.45) is 5.92 Å². The van der Waals surface area contributed by atoms with Crippen molar-refractivity contribution in [2.75, 3.05) is 23.5 Å². The molecule has 2 atom stereocenters. The summed E-state index contributed by atoms with van der Waals surface area (Å²) in [6.07, 6.45) is 2.90. The molecule has 0 spiro atoms. The number of nitrogens with one attached hydrogen (secondary N) is 2. The van der Waals surface area contributed by atoms with E-state index in [1.54, 1.807) is 66.7 Å². The third-order valence-corrected chi connectivity index (χ3v) is 6.10. The number of phenols is 1.